The third-order valence-electron chi connectivity index (χ3n) is 4.33. The number of amides is 1. The summed E-state index contributed by atoms with van der Waals surface area (Å²) in [6, 6.07) is 13.4. The predicted octanol–water partition coefficient (Wildman–Crippen LogP) is 4.40. The van der Waals surface area contributed by atoms with E-state index in [4.69, 9.17) is 4.74 Å². The molecule has 0 spiro atoms. The SMILES string of the molecule is Cc1cccc(C(C)C)c1NC(=O)COC(=O)c1c[nH]c2ccccc12. The van der Waals surface area contributed by atoms with E-state index in [2.05, 4.69) is 24.1 Å². The van der Waals surface area contributed by atoms with Gasteiger partial charge in [-0.25, -0.2) is 4.79 Å². The molecule has 3 aromatic rings. The van der Waals surface area contributed by atoms with Gasteiger partial charge in [0, 0.05) is 22.8 Å². The Morgan fingerprint density at radius 1 is 1.12 bits per heavy atom. The molecule has 0 saturated carbocycles. The predicted molar refractivity (Wildman–Crippen MR) is 102 cm³/mol. The maximum Gasteiger partial charge on any atom is 0.340 e. The van der Waals surface area contributed by atoms with Gasteiger partial charge in [-0.15, -0.1) is 0 Å². The Hall–Kier alpha value is -3.08. The number of benzene rings is 2. The summed E-state index contributed by atoms with van der Waals surface area (Å²) in [5.41, 5.74) is 4.10. The van der Waals surface area contributed by atoms with Crippen LogP contribution in [0.15, 0.2) is 48.7 Å². The fourth-order valence-corrected chi connectivity index (χ4v) is 2.97. The molecule has 2 aromatic carbocycles. The Balaban J connectivity index is 1.67. The smallest absolute Gasteiger partial charge is 0.340 e. The minimum Gasteiger partial charge on any atom is -0.452 e. The molecular weight excluding hydrogens is 328 g/mol. The van der Waals surface area contributed by atoms with E-state index in [1.54, 1.807) is 6.20 Å². The summed E-state index contributed by atoms with van der Waals surface area (Å²) in [5.74, 6) is -0.597. The first-order valence-corrected chi connectivity index (χ1v) is 8.60. The van der Waals surface area contributed by atoms with Crippen LogP contribution < -0.4 is 5.32 Å². The van der Waals surface area contributed by atoms with Crippen molar-refractivity contribution in [3.8, 4) is 0 Å². The number of carbonyl (C=O) groups excluding carboxylic acids is 2. The molecule has 3 rings (SSSR count). The zero-order valence-electron chi connectivity index (χ0n) is 15.1. The lowest BCUT2D eigenvalue weighted by molar-refractivity contribution is -0.119. The van der Waals surface area contributed by atoms with Crippen molar-refractivity contribution in [2.45, 2.75) is 26.7 Å². The maximum atomic E-state index is 12.3. The van der Waals surface area contributed by atoms with Crippen molar-refractivity contribution in [1.29, 1.82) is 0 Å². The van der Waals surface area contributed by atoms with Crippen LogP contribution in [0.2, 0.25) is 0 Å². The minimum atomic E-state index is -0.522. The summed E-state index contributed by atoms with van der Waals surface area (Å²) in [7, 11) is 0. The molecule has 0 atom stereocenters. The number of hydrogen-bond acceptors (Lipinski definition) is 3. The van der Waals surface area contributed by atoms with E-state index in [-0.39, 0.29) is 18.4 Å². The Morgan fingerprint density at radius 2 is 1.88 bits per heavy atom. The van der Waals surface area contributed by atoms with Gasteiger partial charge < -0.3 is 15.0 Å². The van der Waals surface area contributed by atoms with E-state index in [9.17, 15) is 9.59 Å². The summed E-state index contributed by atoms with van der Waals surface area (Å²) < 4.78 is 5.20. The third-order valence-corrected chi connectivity index (χ3v) is 4.33. The van der Waals surface area contributed by atoms with Crippen LogP contribution in [0.3, 0.4) is 0 Å². The number of nitrogens with one attached hydrogen (secondary N) is 2. The molecule has 0 unspecified atom stereocenters. The lowest BCUT2D eigenvalue weighted by Gasteiger charge is -2.16. The molecule has 0 radical (unpaired) electrons. The van der Waals surface area contributed by atoms with E-state index in [1.807, 2.05) is 49.4 Å². The lowest BCUT2D eigenvalue weighted by Crippen LogP contribution is -2.22. The first kappa shape index (κ1) is 17.7. The van der Waals surface area contributed by atoms with Crippen molar-refractivity contribution in [2.24, 2.45) is 0 Å². The molecule has 1 heterocycles. The third kappa shape index (κ3) is 3.61. The van der Waals surface area contributed by atoms with Crippen LogP contribution in [0.25, 0.3) is 10.9 Å². The molecule has 1 amide bonds. The van der Waals surface area contributed by atoms with Crippen molar-refractivity contribution >= 4 is 28.5 Å². The number of para-hydroxylation sites is 2. The van der Waals surface area contributed by atoms with E-state index in [0.717, 1.165) is 27.7 Å². The number of esters is 1. The zero-order valence-corrected chi connectivity index (χ0v) is 15.1. The Kier molecular flexibility index (Phi) is 5.07. The van der Waals surface area contributed by atoms with Crippen LogP contribution in [0.5, 0.6) is 0 Å². The summed E-state index contributed by atoms with van der Waals surface area (Å²) in [6.45, 7) is 5.76. The fourth-order valence-electron chi connectivity index (χ4n) is 2.97. The molecule has 0 aliphatic heterocycles. The number of aromatic nitrogens is 1. The van der Waals surface area contributed by atoms with Crippen molar-refractivity contribution in [3.63, 3.8) is 0 Å². The van der Waals surface area contributed by atoms with E-state index in [1.165, 1.54) is 0 Å². The van der Waals surface area contributed by atoms with Crippen LogP contribution in [0.4, 0.5) is 5.69 Å². The van der Waals surface area contributed by atoms with Gasteiger partial charge in [0.2, 0.25) is 0 Å². The number of anilines is 1. The van der Waals surface area contributed by atoms with Crippen molar-refractivity contribution < 1.29 is 14.3 Å². The molecule has 0 bridgehead atoms. The molecule has 0 fully saturated rings. The Morgan fingerprint density at radius 3 is 2.65 bits per heavy atom. The molecule has 26 heavy (non-hydrogen) atoms. The quantitative estimate of drug-likeness (QED) is 0.670. The highest BCUT2D eigenvalue weighted by Crippen LogP contribution is 2.27. The molecule has 5 nitrogen and oxygen atoms in total. The lowest BCUT2D eigenvalue weighted by atomic mass is 9.98. The molecule has 134 valence electrons. The number of ether oxygens (including phenoxy) is 1. The van der Waals surface area contributed by atoms with Crippen LogP contribution in [0.1, 0.15) is 41.3 Å². The van der Waals surface area contributed by atoms with Gasteiger partial charge in [-0.2, -0.15) is 0 Å². The van der Waals surface area contributed by atoms with Gasteiger partial charge in [0.15, 0.2) is 6.61 Å². The van der Waals surface area contributed by atoms with E-state index < -0.39 is 5.97 Å². The van der Waals surface area contributed by atoms with E-state index in [0.29, 0.717) is 5.56 Å². The number of aryl methyl sites for hydroxylation is 1. The standard InChI is InChI=1S/C21H22N2O3/c1-13(2)15-9-6-7-14(3)20(15)23-19(24)12-26-21(25)17-11-22-18-10-5-4-8-16(17)18/h4-11,13,22H,12H2,1-3H3,(H,23,24). The van der Waals surface area contributed by atoms with Crippen molar-refractivity contribution in [1.82, 2.24) is 4.98 Å². The molecule has 1 aromatic heterocycles. The number of rotatable bonds is 5. The Labute approximate surface area is 152 Å². The summed E-state index contributed by atoms with van der Waals surface area (Å²) in [6.07, 6.45) is 1.60. The van der Waals surface area contributed by atoms with Gasteiger partial charge in [0.1, 0.15) is 0 Å². The van der Waals surface area contributed by atoms with Gasteiger partial charge in [-0.1, -0.05) is 50.2 Å². The second-order valence-electron chi connectivity index (χ2n) is 6.57. The largest absolute Gasteiger partial charge is 0.452 e. The van der Waals surface area contributed by atoms with Crippen molar-refractivity contribution in [3.05, 3.63) is 65.4 Å². The summed E-state index contributed by atoms with van der Waals surface area (Å²) >= 11 is 0. The number of H-pyrrole nitrogens is 1. The van der Waals surface area contributed by atoms with E-state index >= 15 is 0 Å². The summed E-state index contributed by atoms with van der Waals surface area (Å²) in [4.78, 5) is 27.6. The van der Waals surface area contributed by atoms with Gasteiger partial charge >= 0.3 is 5.97 Å². The van der Waals surface area contributed by atoms with Gasteiger partial charge in [0.05, 0.1) is 5.56 Å². The number of fused-ring (bicyclic) bond motifs is 1. The number of aromatic amines is 1. The Bertz CT molecular complexity index is 957. The first-order chi connectivity index (χ1) is 12.5. The maximum absolute atomic E-state index is 12.3. The zero-order chi connectivity index (χ0) is 18.7. The minimum absolute atomic E-state index is 0.277. The second kappa shape index (κ2) is 7.44. The van der Waals surface area contributed by atoms with Gasteiger partial charge in [-0.05, 0) is 30.0 Å². The van der Waals surface area contributed by atoms with Crippen LogP contribution in [-0.4, -0.2) is 23.5 Å². The number of hydrogen-bond donors (Lipinski definition) is 2. The van der Waals surface area contributed by atoms with Crippen LogP contribution in [0, 0.1) is 6.92 Å². The first-order valence-electron chi connectivity index (χ1n) is 8.60. The molecular formula is C21H22N2O3. The molecule has 5 heteroatoms. The highest BCUT2D eigenvalue weighted by Gasteiger charge is 2.16. The average Bonchev–Trinajstić information content (AvgIpc) is 3.05. The second-order valence-corrected chi connectivity index (χ2v) is 6.57. The van der Waals surface area contributed by atoms with Crippen LogP contribution >= 0.6 is 0 Å². The van der Waals surface area contributed by atoms with Crippen molar-refractivity contribution in [2.75, 3.05) is 11.9 Å². The van der Waals surface area contributed by atoms with Crippen LogP contribution in [-0.2, 0) is 9.53 Å². The normalized spacial score (nSPS) is 10.9. The molecule has 0 aliphatic carbocycles. The topological polar surface area (TPSA) is 71.2 Å². The summed E-state index contributed by atoms with van der Waals surface area (Å²) in [5, 5.41) is 3.65. The van der Waals surface area contributed by atoms with Gasteiger partial charge in [0.25, 0.3) is 5.91 Å². The molecule has 0 saturated heterocycles. The number of carbonyl (C=O) groups is 2. The highest BCUT2D eigenvalue weighted by molar-refractivity contribution is 6.05. The van der Waals surface area contributed by atoms with Gasteiger partial charge in [-0.3, -0.25) is 4.79 Å². The fraction of sp³-hybridized carbons (Fsp3) is 0.238. The average molecular weight is 350 g/mol. The highest BCUT2D eigenvalue weighted by atomic mass is 16.5. The molecule has 2 N–H and O–H groups in total. The molecule has 0 aliphatic rings. The monoisotopic (exact) mass is 350 g/mol.